The van der Waals surface area contributed by atoms with E-state index in [1.165, 1.54) is 0 Å². The molecule has 9 atom stereocenters. The lowest BCUT2D eigenvalue weighted by atomic mass is 9.99. The van der Waals surface area contributed by atoms with Crippen LogP contribution in [0.1, 0.15) is 0 Å². The van der Waals surface area contributed by atoms with Gasteiger partial charge in [0.15, 0.2) is 6.29 Å². The van der Waals surface area contributed by atoms with Crippen molar-refractivity contribution >= 4 is 0 Å². The normalized spacial score (nSPS) is 51.1. The maximum Gasteiger partial charge on any atom is 0.219 e. The Morgan fingerprint density at radius 1 is 0.870 bits per heavy atom. The summed E-state index contributed by atoms with van der Waals surface area (Å²) in [7, 11) is 0. The molecule has 0 aromatic heterocycles. The minimum absolute atomic E-state index is 0.668. The molecule has 8 N–H and O–H groups in total. The third kappa shape index (κ3) is 3.36. The summed E-state index contributed by atoms with van der Waals surface area (Å²) in [6, 6.07) is 0. The molecule has 0 amide bonds. The van der Waals surface area contributed by atoms with Crippen molar-refractivity contribution in [2.45, 2.75) is 54.8 Å². The zero-order chi connectivity index (χ0) is 17.4. The van der Waals surface area contributed by atoms with E-state index >= 15 is 0 Å². The zero-order valence-electron chi connectivity index (χ0n) is 12.0. The molecule has 2 aliphatic rings. The molecule has 0 aromatic carbocycles. The second-order valence-electron chi connectivity index (χ2n) is 5.58. The highest BCUT2D eigenvalue weighted by molar-refractivity contribution is 4.98. The second-order valence-corrected chi connectivity index (χ2v) is 5.58. The first kappa shape index (κ1) is 18.9. The van der Waals surface area contributed by atoms with Gasteiger partial charge in [-0.2, -0.15) is 0 Å². The van der Waals surface area contributed by atoms with Crippen molar-refractivity contribution in [3.05, 3.63) is 0 Å². The van der Waals surface area contributed by atoms with Gasteiger partial charge in [-0.3, -0.25) is 0 Å². The van der Waals surface area contributed by atoms with E-state index in [9.17, 15) is 30.6 Å². The molecule has 0 spiro atoms. The molecule has 0 unspecified atom stereocenters. The van der Waals surface area contributed by atoms with Gasteiger partial charge < -0.3 is 55.1 Å². The summed E-state index contributed by atoms with van der Waals surface area (Å²) >= 11 is 0. The van der Waals surface area contributed by atoms with Gasteiger partial charge in [-0.25, -0.2) is 0 Å². The molecule has 0 saturated carbocycles. The Morgan fingerprint density at radius 3 is 2.00 bits per heavy atom. The summed E-state index contributed by atoms with van der Waals surface area (Å²) < 4.78 is 15.3. The first-order valence-electron chi connectivity index (χ1n) is 7.05. The summed E-state index contributed by atoms with van der Waals surface area (Å²) in [5.41, 5.74) is 0. The Hall–Kier alpha value is -0.440. The van der Waals surface area contributed by atoms with E-state index in [1.54, 1.807) is 0 Å². The van der Waals surface area contributed by atoms with Gasteiger partial charge in [0.1, 0.15) is 42.7 Å². The molecular weight excluding hydrogens is 320 g/mol. The molecule has 2 aliphatic heterocycles. The Morgan fingerprint density at radius 2 is 1.48 bits per heavy atom. The minimum atomic E-state index is -2.37. The van der Waals surface area contributed by atoms with Crippen molar-refractivity contribution in [3.8, 4) is 0 Å². The molecular formula is C12H22O11. The first-order chi connectivity index (χ1) is 10.8. The lowest BCUT2D eigenvalue weighted by Crippen LogP contribution is -2.60. The van der Waals surface area contributed by atoms with Crippen LogP contribution in [0.4, 0.5) is 0 Å². The average Bonchev–Trinajstić information content (AvgIpc) is 2.80. The fourth-order valence-electron chi connectivity index (χ4n) is 2.63. The van der Waals surface area contributed by atoms with Crippen LogP contribution >= 0.6 is 0 Å². The fraction of sp³-hybridized carbons (Fsp3) is 1.00. The van der Waals surface area contributed by atoms with Gasteiger partial charge in [0.05, 0.1) is 19.8 Å². The first-order valence-corrected chi connectivity index (χ1v) is 7.05. The standard InChI is InChI=1S/C12H22O11/c13-1-4-6(16)7(17)8(18)11(21-4)22-9-5(2-14)23-12(20,3-15)10(9)19/h4-11,13-20H,1-3H2/t4-,5-,6-,7-,8-,9+,10+,11-,12+/m0/s1. The molecule has 11 heteroatoms. The molecule has 11 nitrogen and oxygen atoms in total. The quantitative estimate of drug-likeness (QED) is 0.238. The van der Waals surface area contributed by atoms with E-state index in [0.29, 0.717) is 0 Å². The summed E-state index contributed by atoms with van der Waals surface area (Å²) in [6.07, 6.45) is -12.2. The van der Waals surface area contributed by atoms with Gasteiger partial charge in [-0.05, 0) is 0 Å². The number of aliphatic hydroxyl groups excluding tert-OH is 7. The molecule has 2 saturated heterocycles. The van der Waals surface area contributed by atoms with Crippen molar-refractivity contribution in [1.82, 2.24) is 0 Å². The Balaban J connectivity index is 2.13. The Kier molecular flexibility index (Phi) is 5.92. The van der Waals surface area contributed by atoms with Crippen molar-refractivity contribution in [3.63, 3.8) is 0 Å². The molecule has 23 heavy (non-hydrogen) atoms. The average molecular weight is 342 g/mol. The van der Waals surface area contributed by atoms with Crippen LogP contribution in [-0.4, -0.2) is 115 Å². The number of hydrogen-bond acceptors (Lipinski definition) is 11. The van der Waals surface area contributed by atoms with Crippen LogP contribution in [0.3, 0.4) is 0 Å². The lowest BCUT2D eigenvalue weighted by Gasteiger charge is -2.41. The van der Waals surface area contributed by atoms with E-state index < -0.39 is 74.6 Å². The van der Waals surface area contributed by atoms with Crippen LogP contribution in [0, 0.1) is 0 Å². The number of ether oxygens (including phenoxy) is 3. The third-order valence-electron chi connectivity index (χ3n) is 4.04. The van der Waals surface area contributed by atoms with Gasteiger partial charge in [0.25, 0.3) is 0 Å². The third-order valence-corrected chi connectivity index (χ3v) is 4.04. The predicted octanol–water partition coefficient (Wildman–Crippen LogP) is -5.40. The van der Waals surface area contributed by atoms with E-state index in [-0.39, 0.29) is 0 Å². The minimum Gasteiger partial charge on any atom is -0.394 e. The van der Waals surface area contributed by atoms with Crippen molar-refractivity contribution < 1.29 is 55.1 Å². The molecule has 0 aromatic rings. The number of rotatable bonds is 5. The van der Waals surface area contributed by atoms with E-state index in [0.717, 1.165) is 0 Å². The van der Waals surface area contributed by atoms with Crippen molar-refractivity contribution in [2.75, 3.05) is 19.8 Å². The predicted molar refractivity (Wildman–Crippen MR) is 68.6 cm³/mol. The highest BCUT2D eigenvalue weighted by atomic mass is 16.7. The molecule has 2 fully saturated rings. The maximum absolute atomic E-state index is 10.00. The maximum atomic E-state index is 10.00. The highest BCUT2D eigenvalue weighted by Crippen LogP contribution is 2.33. The molecule has 2 heterocycles. The topological polar surface area (TPSA) is 190 Å². The largest absolute Gasteiger partial charge is 0.394 e. The monoisotopic (exact) mass is 342 g/mol. The smallest absolute Gasteiger partial charge is 0.219 e. The summed E-state index contributed by atoms with van der Waals surface area (Å²) in [5, 5.41) is 76.5. The number of aliphatic hydroxyl groups is 8. The molecule has 0 radical (unpaired) electrons. The summed E-state index contributed by atoms with van der Waals surface area (Å²) in [4.78, 5) is 0. The van der Waals surface area contributed by atoms with Crippen LogP contribution in [0.5, 0.6) is 0 Å². The molecule has 0 bridgehead atoms. The molecule has 136 valence electrons. The van der Waals surface area contributed by atoms with Crippen LogP contribution in [0.25, 0.3) is 0 Å². The van der Waals surface area contributed by atoms with Gasteiger partial charge in [0, 0.05) is 0 Å². The number of hydrogen-bond donors (Lipinski definition) is 8. The fourth-order valence-corrected chi connectivity index (χ4v) is 2.63. The second kappa shape index (κ2) is 7.21. The Labute approximate surface area is 130 Å². The SMILES string of the molecule is OC[C@@H]1O[C@@H](O[C@@H]2[C@H](CO)O[C@](O)(CO)[C@@H]2O)[C@@H](O)[C@@H](O)[C@H]1O. The van der Waals surface area contributed by atoms with Gasteiger partial charge >= 0.3 is 0 Å². The van der Waals surface area contributed by atoms with Crippen LogP contribution in [0.2, 0.25) is 0 Å². The van der Waals surface area contributed by atoms with E-state index in [4.69, 9.17) is 24.4 Å². The molecule has 2 rings (SSSR count). The van der Waals surface area contributed by atoms with Crippen LogP contribution < -0.4 is 0 Å². The van der Waals surface area contributed by atoms with E-state index in [2.05, 4.69) is 0 Å². The van der Waals surface area contributed by atoms with Crippen molar-refractivity contribution in [1.29, 1.82) is 0 Å². The summed E-state index contributed by atoms with van der Waals surface area (Å²) in [6.45, 7) is -2.32. The van der Waals surface area contributed by atoms with Gasteiger partial charge in [-0.15, -0.1) is 0 Å². The van der Waals surface area contributed by atoms with Gasteiger partial charge in [-0.1, -0.05) is 0 Å². The molecule has 0 aliphatic carbocycles. The Bertz CT molecular complexity index is 393. The zero-order valence-corrected chi connectivity index (χ0v) is 12.0. The lowest BCUT2D eigenvalue weighted by molar-refractivity contribution is -0.318. The highest BCUT2D eigenvalue weighted by Gasteiger charge is 2.56. The summed E-state index contributed by atoms with van der Waals surface area (Å²) in [5.74, 6) is -2.37. The van der Waals surface area contributed by atoms with Crippen molar-refractivity contribution in [2.24, 2.45) is 0 Å². The van der Waals surface area contributed by atoms with Crippen LogP contribution in [-0.2, 0) is 14.2 Å². The van der Waals surface area contributed by atoms with E-state index in [1.807, 2.05) is 0 Å². The van der Waals surface area contributed by atoms with Crippen LogP contribution in [0.15, 0.2) is 0 Å². The van der Waals surface area contributed by atoms with Gasteiger partial charge in [0.2, 0.25) is 5.79 Å².